The van der Waals surface area contributed by atoms with E-state index in [1.54, 1.807) is 24.3 Å². The predicted octanol–water partition coefficient (Wildman–Crippen LogP) is 4.47. The van der Waals surface area contributed by atoms with Crippen LogP contribution >= 0.6 is 11.3 Å². The molecule has 1 atom stereocenters. The maximum absolute atomic E-state index is 13.3. The average molecular weight is 607 g/mol. The molecule has 16 heteroatoms. The molecule has 5 rings (SSSR count). The number of carbonyl (C=O) groups is 1. The summed E-state index contributed by atoms with van der Waals surface area (Å²) < 4.78 is 83.6. The molecule has 0 fully saturated rings. The highest BCUT2D eigenvalue weighted by Crippen LogP contribution is 2.33. The molecule has 0 spiro atoms. The Morgan fingerprint density at radius 2 is 1.78 bits per heavy atom. The first-order valence-corrected chi connectivity index (χ1v) is 14.3. The molecule has 0 saturated carbocycles. The summed E-state index contributed by atoms with van der Waals surface area (Å²) in [6, 6.07) is 10.6. The van der Waals surface area contributed by atoms with E-state index in [-0.39, 0.29) is 23.9 Å². The van der Waals surface area contributed by atoms with Crippen molar-refractivity contribution >= 4 is 37.5 Å². The number of hydrogen-bond acceptors (Lipinski definition) is 9. The van der Waals surface area contributed by atoms with Gasteiger partial charge in [0.2, 0.25) is 27.8 Å². The van der Waals surface area contributed by atoms with Crippen molar-refractivity contribution in [1.29, 1.82) is 0 Å². The summed E-state index contributed by atoms with van der Waals surface area (Å²) in [6.45, 7) is -0.305. The van der Waals surface area contributed by atoms with Crippen LogP contribution in [0.1, 0.15) is 38.8 Å². The molecule has 0 aliphatic carbocycles. The van der Waals surface area contributed by atoms with Gasteiger partial charge in [0.25, 0.3) is 5.91 Å². The number of rotatable bonds is 8. The molecule has 0 saturated heterocycles. The lowest BCUT2D eigenvalue weighted by molar-refractivity contribution is -0.137. The molecule has 10 nitrogen and oxygen atoms in total. The standard InChI is InChI=1S/C25H18F4N6O4S2/c1-41(37,38)31-12-20-34-35-23(39-20)21(33-22(36)13-2-6-16(7-3-13)25(27,28)29)24-32-17-8-4-14(10-18(17)40-24)15-5-9-19(26)30-11-15/h2-11,21,31H,12H2,1H3,(H,33,36). The molecule has 2 N–H and O–H groups in total. The number of halogens is 4. The number of sulfonamides is 1. The number of carbonyl (C=O) groups excluding carboxylic acids is 1. The van der Waals surface area contributed by atoms with Gasteiger partial charge >= 0.3 is 6.18 Å². The van der Waals surface area contributed by atoms with Gasteiger partial charge in [-0.15, -0.1) is 21.5 Å². The smallest absolute Gasteiger partial charge is 0.416 e. The molecular weight excluding hydrogens is 588 g/mol. The second-order valence-electron chi connectivity index (χ2n) is 8.71. The molecule has 2 aromatic carbocycles. The van der Waals surface area contributed by atoms with Crippen LogP contribution in [-0.2, 0) is 22.7 Å². The second-order valence-corrected chi connectivity index (χ2v) is 11.6. The zero-order valence-corrected chi connectivity index (χ0v) is 22.4. The van der Waals surface area contributed by atoms with Crippen molar-refractivity contribution in [3.8, 4) is 11.1 Å². The number of nitrogens with one attached hydrogen (secondary N) is 2. The highest BCUT2D eigenvalue weighted by atomic mass is 32.2. The number of amides is 1. The zero-order chi connectivity index (χ0) is 29.4. The number of aromatic nitrogens is 4. The van der Waals surface area contributed by atoms with Gasteiger partial charge in [-0.25, -0.2) is 23.1 Å². The van der Waals surface area contributed by atoms with Crippen LogP contribution in [0.4, 0.5) is 17.6 Å². The lowest BCUT2D eigenvalue weighted by atomic mass is 10.1. The fourth-order valence-corrected chi connectivity index (χ4v) is 5.13. The summed E-state index contributed by atoms with van der Waals surface area (Å²) in [4.78, 5) is 21.3. The van der Waals surface area contributed by atoms with Gasteiger partial charge in [-0.2, -0.15) is 17.6 Å². The van der Waals surface area contributed by atoms with Crippen molar-refractivity contribution in [2.45, 2.75) is 18.8 Å². The van der Waals surface area contributed by atoms with E-state index in [0.717, 1.165) is 36.1 Å². The number of alkyl halides is 3. The Morgan fingerprint density at radius 3 is 2.44 bits per heavy atom. The molecule has 0 bridgehead atoms. The first-order chi connectivity index (χ1) is 19.4. The van der Waals surface area contributed by atoms with E-state index in [9.17, 15) is 30.8 Å². The van der Waals surface area contributed by atoms with Crippen LogP contribution in [0.3, 0.4) is 0 Å². The lowest BCUT2D eigenvalue weighted by Gasteiger charge is -2.13. The first-order valence-electron chi connectivity index (χ1n) is 11.6. The second kappa shape index (κ2) is 10.9. The molecule has 0 aliphatic rings. The van der Waals surface area contributed by atoms with Crippen LogP contribution in [0, 0.1) is 5.95 Å². The van der Waals surface area contributed by atoms with Crippen molar-refractivity contribution in [2.75, 3.05) is 6.26 Å². The number of fused-ring (bicyclic) bond motifs is 1. The van der Waals surface area contributed by atoms with Crippen molar-refractivity contribution < 1.29 is 35.2 Å². The minimum atomic E-state index is -4.57. The molecule has 1 amide bonds. The average Bonchev–Trinajstić information content (AvgIpc) is 3.57. The van der Waals surface area contributed by atoms with E-state index < -0.39 is 39.7 Å². The SMILES string of the molecule is CS(=O)(=O)NCc1nnc(C(NC(=O)c2ccc(C(F)(F)F)cc2)c2nc3ccc(-c4ccc(F)nc4)cc3s2)o1. The Balaban J connectivity index is 1.48. The number of hydrogen-bond donors (Lipinski definition) is 2. The lowest BCUT2D eigenvalue weighted by Crippen LogP contribution is -2.29. The number of thiazole rings is 1. The van der Waals surface area contributed by atoms with Gasteiger partial charge in [0, 0.05) is 17.3 Å². The third-order valence-electron chi connectivity index (χ3n) is 5.68. The van der Waals surface area contributed by atoms with E-state index >= 15 is 0 Å². The van der Waals surface area contributed by atoms with E-state index in [1.807, 2.05) is 0 Å². The van der Waals surface area contributed by atoms with Gasteiger partial charge < -0.3 is 9.73 Å². The van der Waals surface area contributed by atoms with Crippen LogP contribution in [0.2, 0.25) is 0 Å². The Kier molecular flexibility index (Phi) is 7.54. The molecule has 212 valence electrons. The van der Waals surface area contributed by atoms with Gasteiger partial charge in [-0.1, -0.05) is 6.07 Å². The summed E-state index contributed by atoms with van der Waals surface area (Å²) in [5.74, 6) is -1.58. The normalized spacial score (nSPS) is 12.9. The van der Waals surface area contributed by atoms with Gasteiger partial charge in [0.15, 0.2) is 6.04 Å². The third-order valence-corrected chi connectivity index (χ3v) is 7.43. The van der Waals surface area contributed by atoms with Crippen molar-refractivity contribution in [2.24, 2.45) is 0 Å². The van der Waals surface area contributed by atoms with Crippen LogP contribution < -0.4 is 10.0 Å². The fraction of sp³-hybridized carbons (Fsp3) is 0.160. The van der Waals surface area contributed by atoms with E-state index in [1.165, 1.54) is 23.6 Å². The fourth-order valence-electron chi connectivity index (χ4n) is 3.69. The Morgan fingerprint density at radius 1 is 1.05 bits per heavy atom. The number of pyridine rings is 1. The number of nitrogens with zero attached hydrogens (tertiary/aromatic N) is 4. The van der Waals surface area contributed by atoms with E-state index in [2.05, 4.69) is 30.2 Å². The third kappa shape index (κ3) is 6.72. The van der Waals surface area contributed by atoms with Crippen molar-refractivity contribution in [3.05, 3.63) is 94.7 Å². The maximum Gasteiger partial charge on any atom is 0.416 e. The van der Waals surface area contributed by atoms with Crippen LogP contribution in [0.5, 0.6) is 0 Å². The minimum absolute atomic E-state index is 0.0614. The van der Waals surface area contributed by atoms with Crippen LogP contribution in [-0.4, -0.2) is 40.7 Å². The Labute approximate surface area is 233 Å². The minimum Gasteiger partial charge on any atom is -0.421 e. The summed E-state index contributed by atoms with van der Waals surface area (Å²) >= 11 is 1.17. The summed E-state index contributed by atoms with van der Waals surface area (Å²) in [7, 11) is -3.56. The Bertz CT molecular complexity index is 1820. The molecule has 1 unspecified atom stereocenters. The Hall–Kier alpha value is -4.28. The van der Waals surface area contributed by atoms with Crippen LogP contribution in [0.15, 0.2) is 65.2 Å². The van der Waals surface area contributed by atoms with Gasteiger partial charge in [-0.05, 0) is 54.1 Å². The molecule has 3 aromatic heterocycles. The maximum atomic E-state index is 13.3. The topological polar surface area (TPSA) is 140 Å². The van der Waals surface area contributed by atoms with Gasteiger partial charge in [-0.3, -0.25) is 4.79 Å². The first kappa shape index (κ1) is 28.3. The molecule has 0 radical (unpaired) electrons. The van der Waals surface area contributed by atoms with Gasteiger partial charge in [0.1, 0.15) is 5.01 Å². The molecular formula is C25H18F4N6O4S2. The molecule has 41 heavy (non-hydrogen) atoms. The predicted molar refractivity (Wildman–Crippen MR) is 140 cm³/mol. The van der Waals surface area contributed by atoms with Crippen molar-refractivity contribution in [3.63, 3.8) is 0 Å². The number of benzene rings is 2. The largest absolute Gasteiger partial charge is 0.421 e. The summed E-state index contributed by atoms with van der Waals surface area (Å²) in [6.07, 6.45) is -2.23. The molecule has 3 heterocycles. The highest BCUT2D eigenvalue weighted by molar-refractivity contribution is 7.88. The van der Waals surface area contributed by atoms with E-state index in [4.69, 9.17) is 4.42 Å². The summed E-state index contributed by atoms with van der Waals surface area (Å²) in [5.41, 5.74) is 0.974. The molecule has 0 aliphatic heterocycles. The molecule has 5 aromatic rings. The van der Waals surface area contributed by atoms with E-state index in [0.29, 0.717) is 20.8 Å². The monoisotopic (exact) mass is 606 g/mol. The summed E-state index contributed by atoms with van der Waals surface area (Å²) in [5, 5.41) is 10.7. The quantitative estimate of drug-likeness (QED) is 0.195. The van der Waals surface area contributed by atoms with Crippen molar-refractivity contribution in [1.82, 2.24) is 30.2 Å². The van der Waals surface area contributed by atoms with Gasteiger partial charge in [0.05, 0.1) is 28.6 Å². The highest BCUT2D eigenvalue weighted by Gasteiger charge is 2.31. The van der Waals surface area contributed by atoms with Crippen LogP contribution in [0.25, 0.3) is 21.3 Å². The zero-order valence-electron chi connectivity index (χ0n) is 20.8.